The first-order valence-corrected chi connectivity index (χ1v) is 10.7. The summed E-state index contributed by atoms with van der Waals surface area (Å²) in [6, 6.07) is 4.01. The number of benzene rings is 1. The van der Waals surface area contributed by atoms with Gasteiger partial charge in [0.25, 0.3) is 5.56 Å². The first-order chi connectivity index (χ1) is 14.2. The quantitative estimate of drug-likeness (QED) is 0.544. The van der Waals surface area contributed by atoms with Crippen LogP contribution in [0.4, 0.5) is 15.0 Å². The predicted octanol–water partition coefficient (Wildman–Crippen LogP) is 5.74. The van der Waals surface area contributed by atoms with Gasteiger partial charge in [0.05, 0.1) is 12.0 Å². The molecule has 172 valence electrons. The molecule has 1 aromatic carbocycles. The molecular weight excluding hydrogens is 399 g/mol. The van der Waals surface area contributed by atoms with Gasteiger partial charge in [-0.1, -0.05) is 34.1 Å². The van der Waals surface area contributed by atoms with Crippen LogP contribution in [0, 0.1) is 11.2 Å². The molecule has 6 nitrogen and oxygen atoms in total. The highest BCUT2D eigenvalue weighted by Gasteiger charge is 2.29. The Morgan fingerprint density at radius 2 is 1.77 bits per heavy atom. The highest BCUT2D eigenvalue weighted by atomic mass is 19.1. The van der Waals surface area contributed by atoms with Gasteiger partial charge in [-0.2, -0.15) is 0 Å². The summed E-state index contributed by atoms with van der Waals surface area (Å²) >= 11 is 0. The van der Waals surface area contributed by atoms with Crippen molar-refractivity contribution in [3.05, 3.63) is 34.4 Å². The van der Waals surface area contributed by atoms with Crippen LogP contribution in [-0.4, -0.2) is 29.9 Å². The lowest BCUT2D eigenvalue weighted by atomic mass is 9.96. The number of rotatable bonds is 6. The van der Waals surface area contributed by atoms with Gasteiger partial charge in [0, 0.05) is 19.0 Å². The second kappa shape index (κ2) is 9.28. The zero-order valence-corrected chi connectivity index (χ0v) is 20.0. The minimum absolute atomic E-state index is 0.262. The number of unbranched alkanes of at least 4 members (excludes halogenated alkanes) is 1. The first kappa shape index (κ1) is 24.7. The molecule has 0 atom stereocenters. The average Bonchev–Trinajstić information content (AvgIpc) is 2.62. The Labute approximate surface area is 183 Å². The minimum atomic E-state index is -0.716. The zero-order chi connectivity index (χ0) is 23.6. The van der Waals surface area contributed by atoms with E-state index in [1.54, 1.807) is 27.8 Å². The summed E-state index contributed by atoms with van der Waals surface area (Å²) in [5.41, 5.74) is -1.28. The maximum absolute atomic E-state index is 14.2. The molecule has 0 radical (unpaired) electrons. The summed E-state index contributed by atoms with van der Waals surface area (Å²) < 4.78 is 27.3. The van der Waals surface area contributed by atoms with E-state index in [-0.39, 0.29) is 16.8 Å². The Bertz CT molecular complexity index is 1000. The molecule has 0 N–H and O–H groups in total. The van der Waals surface area contributed by atoms with Gasteiger partial charge in [-0.25, -0.2) is 9.18 Å². The van der Waals surface area contributed by atoms with Crippen LogP contribution in [0.25, 0.3) is 10.8 Å². The van der Waals surface area contributed by atoms with E-state index in [0.29, 0.717) is 29.7 Å². The number of pyridine rings is 1. The molecule has 0 fully saturated rings. The van der Waals surface area contributed by atoms with Crippen molar-refractivity contribution < 1.29 is 18.7 Å². The summed E-state index contributed by atoms with van der Waals surface area (Å²) in [6.07, 6.45) is 1.07. The van der Waals surface area contributed by atoms with Crippen molar-refractivity contribution in [3.8, 4) is 5.75 Å². The normalized spacial score (nSPS) is 12.2. The van der Waals surface area contributed by atoms with E-state index in [4.69, 9.17) is 9.47 Å². The number of hydrogen-bond acceptors (Lipinski definition) is 4. The lowest BCUT2D eigenvalue weighted by Crippen LogP contribution is -2.39. The third kappa shape index (κ3) is 6.21. The van der Waals surface area contributed by atoms with Crippen LogP contribution in [0.1, 0.15) is 61.3 Å². The standard InChI is InChI=1S/C24H35FN2O4/c1-9-10-13-30-19-18-14-16(25)11-12-17(18)21(28)27(15-23(2,3)4)20(19)26(8)22(29)31-24(5,6)7/h11-12,14H,9-10,13,15H2,1-8H3. The molecule has 0 bridgehead atoms. The summed E-state index contributed by atoms with van der Waals surface area (Å²) in [4.78, 5) is 27.7. The Kier molecular flexibility index (Phi) is 7.40. The molecule has 0 aliphatic rings. The highest BCUT2D eigenvalue weighted by molar-refractivity contribution is 5.97. The van der Waals surface area contributed by atoms with E-state index >= 15 is 0 Å². The summed E-state index contributed by atoms with van der Waals surface area (Å²) in [5, 5.41) is 0.690. The molecule has 0 aliphatic carbocycles. The zero-order valence-electron chi connectivity index (χ0n) is 20.0. The van der Waals surface area contributed by atoms with E-state index in [1.165, 1.54) is 27.7 Å². The molecule has 7 heteroatoms. The van der Waals surface area contributed by atoms with Crippen molar-refractivity contribution in [1.29, 1.82) is 0 Å². The number of carbonyl (C=O) groups is 1. The summed E-state index contributed by atoms with van der Waals surface area (Å²) in [5.74, 6) is 0.0928. The van der Waals surface area contributed by atoms with Gasteiger partial charge < -0.3 is 9.47 Å². The fourth-order valence-corrected chi connectivity index (χ4v) is 3.21. The van der Waals surface area contributed by atoms with Crippen LogP contribution in [0.15, 0.2) is 23.0 Å². The summed E-state index contributed by atoms with van der Waals surface area (Å²) in [7, 11) is 1.54. The number of anilines is 1. The van der Waals surface area contributed by atoms with Crippen molar-refractivity contribution >= 4 is 22.7 Å². The van der Waals surface area contributed by atoms with Crippen molar-refractivity contribution in [1.82, 2.24) is 4.57 Å². The van der Waals surface area contributed by atoms with Crippen molar-refractivity contribution in [3.63, 3.8) is 0 Å². The van der Waals surface area contributed by atoms with E-state index in [2.05, 4.69) is 0 Å². The SMILES string of the molecule is CCCCOc1c(N(C)C(=O)OC(C)(C)C)n(CC(C)(C)C)c(=O)c2ccc(F)cc12. The van der Waals surface area contributed by atoms with Crippen LogP contribution in [0.3, 0.4) is 0 Å². The molecule has 0 unspecified atom stereocenters. The molecule has 1 amide bonds. The van der Waals surface area contributed by atoms with Crippen LogP contribution in [-0.2, 0) is 11.3 Å². The Balaban J connectivity index is 2.84. The number of nitrogens with zero attached hydrogens (tertiary/aromatic N) is 2. The molecule has 1 aromatic heterocycles. The fraction of sp³-hybridized carbons (Fsp3) is 0.583. The number of amides is 1. The van der Waals surface area contributed by atoms with E-state index in [0.717, 1.165) is 12.8 Å². The van der Waals surface area contributed by atoms with Gasteiger partial charge in [0.2, 0.25) is 0 Å². The van der Waals surface area contributed by atoms with Gasteiger partial charge in [0.15, 0.2) is 11.6 Å². The number of ether oxygens (including phenoxy) is 2. The maximum Gasteiger partial charge on any atom is 0.415 e. The first-order valence-electron chi connectivity index (χ1n) is 10.7. The van der Waals surface area contributed by atoms with Crippen LogP contribution in [0.5, 0.6) is 5.75 Å². The Morgan fingerprint density at radius 3 is 2.32 bits per heavy atom. The molecule has 0 spiro atoms. The second-order valence-electron chi connectivity index (χ2n) is 10.0. The van der Waals surface area contributed by atoms with Gasteiger partial charge in [-0.3, -0.25) is 14.3 Å². The number of fused-ring (bicyclic) bond motifs is 1. The Morgan fingerprint density at radius 1 is 1.13 bits per heavy atom. The van der Waals surface area contributed by atoms with Gasteiger partial charge in [0.1, 0.15) is 11.4 Å². The lowest BCUT2D eigenvalue weighted by molar-refractivity contribution is 0.0585. The number of aromatic nitrogens is 1. The smallest absolute Gasteiger partial charge is 0.415 e. The molecule has 0 saturated carbocycles. The fourth-order valence-electron chi connectivity index (χ4n) is 3.21. The third-order valence-electron chi connectivity index (χ3n) is 4.52. The molecule has 2 rings (SSSR count). The molecule has 0 aliphatic heterocycles. The average molecular weight is 435 g/mol. The predicted molar refractivity (Wildman–Crippen MR) is 123 cm³/mol. The second-order valence-corrected chi connectivity index (χ2v) is 10.0. The van der Waals surface area contributed by atoms with Crippen molar-refractivity contribution in [2.75, 3.05) is 18.6 Å². The topological polar surface area (TPSA) is 60.8 Å². The maximum atomic E-state index is 14.2. The van der Waals surface area contributed by atoms with E-state index in [9.17, 15) is 14.0 Å². The molecule has 2 aromatic rings. The number of carbonyl (C=O) groups excluding carboxylic acids is 1. The number of hydrogen-bond donors (Lipinski definition) is 0. The van der Waals surface area contributed by atoms with Crippen LogP contribution >= 0.6 is 0 Å². The molecular formula is C24H35FN2O4. The van der Waals surface area contributed by atoms with Crippen LogP contribution in [0.2, 0.25) is 0 Å². The summed E-state index contributed by atoms with van der Waals surface area (Å²) in [6.45, 7) is 14.1. The lowest BCUT2D eigenvalue weighted by Gasteiger charge is -2.30. The largest absolute Gasteiger partial charge is 0.489 e. The van der Waals surface area contributed by atoms with E-state index in [1.807, 2.05) is 27.7 Å². The Hall–Kier alpha value is -2.57. The van der Waals surface area contributed by atoms with E-state index < -0.39 is 17.5 Å². The monoisotopic (exact) mass is 434 g/mol. The van der Waals surface area contributed by atoms with Gasteiger partial charge in [-0.05, 0) is 50.8 Å². The minimum Gasteiger partial charge on any atom is -0.489 e. The van der Waals surface area contributed by atoms with Crippen molar-refractivity contribution in [2.45, 2.75) is 73.5 Å². The molecule has 31 heavy (non-hydrogen) atoms. The molecule has 1 heterocycles. The third-order valence-corrected chi connectivity index (χ3v) is 4.52. The van der Waals surface area contributed by atoms with Gasteiger partial charge >= 0.3 is 6.09 Å². The highest BCUT2D eigenvalue weighted by Crippen LogP contribution is 2.36. The van der Waals surface area contributed by atoms with Gasteiger partial charge in [-0.15, -0.1) is 0 Å². The van der Waals surface area contributed by atoms with Crippen LogP contribution < -0.4 is 15.2 Å². The number of halogens is 1. The van der Waals surface area contributed by atoms with Crippen molar-refractivity contribution in [2.24, 2.45) is 5.41 Å². The molecule has 0 saturated heterocycles.